The molecule has 0 aliphatic carbocycles. The Morgan fingerprint density at radius 2 is 1.54 bits per heavy atom. The van der Waals surface area contributed by atoms with E-state index in [2.05, 4.69) is 5.10 Å². The van der Waals surface area contributed by atoms with Gasteiger partial charge in [-0.15, -0.1) is 9.78 Å². The molecule has 0 spiro atoms. The third-order valence-electron chi connectivity index (χ3n) is 5.73. The molecule has 35 heavy (non-hydrogen) atoms. The van der Waals surface area contributed by atoms with Crippen LogP contribution in [0, 0.1) is 5.92 Å². The van der Waals surface area contributed by atoms with Crippen molar-refractivity contribution in [3.05, 3.63) is 112 Å². The molecule has 0 aliphatic rings. The highest BCUT2D eigenvalue weighted by atomic mass is 16.4. The van der Waals surface area contributed by atoms with E-state index in [1.165, 1.54) is 0 Å². The van der Waals surface area contributed by atoms with Crippen LogP contribution in [-0.2, 0) is 19.4 Å². The minimum absolute atomic E-state index is 0.0938. The second-order valence-electron chi connectivity index (χ2n) is 8.90. The summed E-state index contributed by atoms with van der Waals surface area (Å²) >= 11 is 0. The number of aromatic carboxylic acids is 1. The van der Waals surface area contributed by atoms with E-state index in [9.17, 15) is 19.5 Å². The standard InChI is InChI=1S/C28H27N3O4/c1-19(2)16-25-29-31(26(32)17-20-8-4-3-5-9-20)28(35)30(25)18-21-12-14-22(15-13-21)23-10-6-7-11-24(23)27(33)34/h3-15,19H,16-18H2,1-2H3,(H,33,34). The SMILES string of the molecule is CC(C)Cc1nn(C(=O)Cc2ccccc2)c(=O)n1Cc1ccc(-c2ccccc2C(=O)O)cc1. The third kappa shape index (κ3) is 5.46. The summed E-state index contributed by atoms with van der Waals surface area (Å²) in [5.74, 6) is -0.539. The fourth-order valence-electron chi connectivity index (χ4n) is 4.01. The second-order valence-corrected chi connectivity index (χ2v) is 8.90. The first-order chi connectivity index (χ1) is 16.8. The molecule has 0 saturated carbocycles. The van der Waals surface area contributed by atoms with Crippen LogP contribution in [0.3, 0.4) is 0 Å². The van der Waals surface area contributed by atoms with E-state index >= 15 is 0 Å². The summed E-state index contributed by atoms with van der Waals surface area (Å²) in [7, 11) is 0. The Labute approximate surface area is 203 Å². The van der Waals surface area contributed by atoms with E-state index < -0.39 is 11.7 Å². The van der Waals surface area contributed by atoms with Crippen molar-refractivity contribution in [1.82, 2.24) is 14.3 Å². The van der Waals surface area contributed by atoms with Gasteiger partial charge < -0.3 is 5.11 Å². The van der Waals surface area contributed by atoms with E-state index in [0.29, 0.717) is 17.8 Å². The lowest BCUT2D eigenvalue weighted by atomic mass is 9.99. The fourth-order valence-corrected chi connectivity index (χ4v) is 4.01. The van der Waals surface area contributed by atoms with Crippen molar-refractivity contribution in [3.8, 4) is 11.1 Å². The summed E-state index contributed by atoms with van der Waals surface area (Å²) in [5.41, 5.74) is 2.85. The highest BCUT2D eigenvalue weighted by Crippen LogP contribution is 2.24. The zero-order valence-electron chi connectivity index (χ0n) is 19.7. The van der Waals surface area contributed by atoms with Gasteiger partial charge in [0.2, 0.25) is 0 Å². The Kier molecular flexibility index (Phi) is 7.06. The minimum Gasteiger partial charge on any atom is -0.478 e. The van der Waals surface area contributed by atoms with E-state index in [1.54, 1.807) is 28.8 Å². The summed E-state index contributed by atoms with van der Waals surface area (Å²) in [4.78, 5) is 37.6. The van der Waals surface area contributed by atoms with Crippen molar-refractivity contribution >= 4 is 11.9 Å². The summed E-state index contributed by atoms with van der Waals surface area (Å²) in [6.45, 7) is 4.34. The number of aromatic nitrogens is 3. The Morgan fingerprint density at radius 1 is 0.886 bits per heavy atom. The number of hydrogen-bond acceptors (Lipinski definition) is 4. The molecule has 4 aromatic rings. The summed E-state index contributed by atoms with van der Waals surface area (Å²) in [6.07, 6.45) is 0.654. The lowest BCUT2D eigenvalue weighted by Crippen LogP contribution is -2.31. The molecule has 4 rings (SSSR count). The van der Waals surface area contributed by atoms with Gasteiger partial charge in [0.15, 0.2) is 0 Å². The van der Waals surface area contributed by atoms with Crippen LogP contribution < -0.4 is 5.69 Å². The third-order valence-corrected chi connectivity index (χ3v) is 5.73. The zero-order valence-corrected chi connectivity index (χ0v) is 19.7. The number of carbonyl (C=O) groups excluding carboxylic acids is 1. The molecule has 1 heterocycles. The largest absolute Gasteiger partial charge is 0.478 e. The number of rotatable bonds is 8. The van der Waals surface area contributed by atoms with Crippen molar-refractivity contribution in [2.75, 3.05) is 0 Å². The Hall–Kier alpha value is -4.26. The van der Waals surface area contributed by atoms with Crippen molar-refractivity contribution in [1.29, 1.82) is 0 Å². The van der Waals surface area contributed by atoms with Crippen LogP contribution >= 0.6 is 0 Å². The van der Waals surface area contributed by atoms with Crippen molar-refractivity contribution in [3.63, 3.8) is 0 Å². The molecule has 0 unspecified atom stereocenters. The maximum atomic E-state index is 13.2. The van der Waals surface area contributed by atoms with Gasteiger partial charge in [-0.25, -0.2) is 9.59 Å². The molecule has 0 radical (unpaired) electrons. The Morgan fingerprint density at radius 3 is 2.20 bits per heavy atom. The zero-order chi connectivity index (χ0) is 24.9. The van der Waals surface area contributed by atoms with E-state index in [4.69, 9.17) is 0 Å². The van der Waals surface area contributed by atoms with Crippen LogP contribution in [0.5, 0.6) is 0 Å². The van der Waals surface area contributed by atoms with Gasteiger partial charge in [0.25, 0.3) is 5.91 Å². The molecular formula is C28H27N3O4. The van der Waals surface area contributed by atoms with Gasteiger partial charge in [-0.3, -0.25) is 9.36 Å². The van der Waals surface area contributed by atoms with Crippen molar-refractivity contribution < 1.29 is 14.7 Å². The molecular weight excluding hydrogens is 442 g/mol. The van der Waals surface area contributed by atoms with Gasteiger partial charge in [-0.1, -0.05) is 86.6 Å². The van der Waals surface area contributed by atoms with Crippen LogP contribution in [0.25, 0.3) is 11.1 Å². The first-order valence-corrected chi connectivity index (χ1v) is 11.5. The van der Waals surface area contributed by atoms with Gasteiger partial charge in [0.1, 0.15) is 5.82 Å². The molecule has 0 amide bonds. The highest BCUT2D eigenvalue weighted by molar-refractivity contribution is 5.96. The van der Waals surface area contributed by atoms with Crippen LogP contribution in [0.1, 0.15) is 46.0 Å². The molecule has 178 valence electrons. The predicted octanol–water partition coefficient (Wildman–Crippen LogP) is 4.54. The van der Waals surface area contributed by atoms with Gasteiger partial charge in [0, 0.05) is 6.42 Å². The molecule has 0 bridgehead atoms. The Bertz CT molecular complexity index is 1400. The number of nitrogens with zero attached hydrogens (tertiary/aromatic N) is 3. The molecule has 0 atom stereocenters. The summed E-state index contributed by atoms with van der Waals surface area (Å²) < 4.78 is 2.52. The monoisotopic (exact) mass is 469 g/mol. The summed E-state index contributed by atoms with van der Waals surface area (Å²) in [5, 5.41) is 13.9. The number of carbonyl (C=O) groups is 2. The average molecular weight is 470 g/mol. The fraction of sp³-hybridized carbons (Fsp3) is 0.214. The van der Waals surface area contributed by atoms with Crippen LogP contribution in [0.15, 0.2) is 83.7 Å². The number of carboxylic acids is 1. The maximum absolute atomic E-state index is 13.2. The van der Waals surface area contributed by atoms with Crippen molar-refractivity contribution in [2.45, 2.75) is 33.2 Å². The number of hydrogen-bond donors (Lipinski definition) is 1. The van der Waals surface area contributed by atoms with Gasteiger partial charge in [-0.05, 0) is 34.2 Å². The molecule has 7 nitrogen and oxygen atoms in total. The van der Waals surface area contributed by atoms with Gasteiger partial charge in [0.05, 0.1) is 18.5 Å². The van der Waals surface area contributed by atoms with Gasteiger partial charge >= 0.3 is 11.7 Å². The Balaban J connectivity index is 1.63. The first kappa shape index (κ1) is 23.9. The topological polar surface area (TPSA) is 94.2 Å². The molecule has 0 saturated heterocycles. The summed E-state index contributed by atoms with van der Waals surface area (Å²) in [6, 6.07) is 23.5. The lowest BCUT2D eigenvalue weighted by Gasteiger charge is -2.10. The van der Waals surface area contributed by atoms with E-state index in [0.717, 1.165) is 21.4 Å². The van der Waals surface area contributed by atoms with E-state index in [-0.39, 0.29) is 30.4 Å². The lowest BCUT2D eigenvalue weighted by molar-refractivity contribution is 0.0697. The first-order valence-electron chi connectivity index (χ1n) is 11.5. The molecule has 0 aliphatic heterocycles. The molecule has 7 heteroatoms. The molecule has 1 N–H and O–H groups in total. The normalized spacial score (nSPS) is 11.1. The second kappa shape index (κ2) is 10.3. The van der Waals surface area contributed by atoms with Crippen LogP contribution in [0.2, 0.25) is 0 Å². The minimum atomic E-state index is -0.984. The van der Waals surface area contributed by atoms with Crippen LogP contribution in [-0.4, -0.2) is 31.3 Å². The molecule has 1 aromatic heterocycles. The average Bonchev–Trinajstić information content (AvgIpc) is 3.14. The van der Waals surface area contributed by atoms with Crippen LogP contribution in [0.4, 0.5) is 0 Å². The number of benzene rings is 3. The predicted molar refractivity (Wildman–Crippen MR) is 134 cm³/mol. The highest BCUT2D eigenvalue weighted by Gasteiger charge is 2.20. The maximum Gasteiger partial charge on any atom is 0.353 e. The van der Waals surface area contributed by atoms with Crippen molar-refractivity contribution in [2.24, 2.45) is 5.92 Å². The number of carboxylic acid groups (broad SMARTS) is 1. The van der Waals surface area contributed by atoms with Gasteiger partial charge in [-0.2, -0.15) is 0 Å². The quantitative estimate of drug-likeness (QED) is 0.409. The smallest absolute Gasteiger partial charge is 0.353 e. The van der Waals surface area contributed by atoms with E-state index in [1.807, 2.05) is 68.4 Å². The molecule has 3 aromatic carbocycles. The molecule has 0 fully saturated rings.